The van der Waals surface area contributed by atoms with Crippen molar-refractivity contribution in [3.8, 4) is 0 Å². The average molecular weight is 328 g/mol. The van der Waals surface area contributed by atoms with Crippen molar-refractivity contribution in [2.75, 3.05) is 13.1 Å². The van der Waals surface area contributed by atoms with Gasteiger partial charge in [0.2, 0.25) is 5.91 Å². The third-order valence-electron chi connectivity index (χ3n) is 4.60. The molecule has 2 atom stereocenters. The molecule has 0 bridgehead atoms. The maximum atomic E-state index is 13.6. The monoisotopic (exact) mass is 328 g/mol. The van der Waals surface area contributed by atoms with Gasteiger partial charge in [0.1, 0.15) is 5.82 Å². The van der Waals surface area contributed by atoms with Crippen LogP contribution in [-0.2, 0) is 17.6 Å². The van der Waals surface area contributed by atoms with Crippen LogP contribution in [0.25, 0.3) is 0 Å². The number of aliphatic hydroxyl groups excluding tert-OH is 1. The second kappa shape index (κ2) is 7.09. The molecule has 1 aliphatic rings. The molecule has 0 spiro atoms. The molecule has 0 unspecified atom stereocenters. The van der Waals surface area contributed by atoms with Crippen LogP contribution in [0.3, 0.4) is 0 Å². The first-order valence-electron chi connectivity index (χ1n) is 8.12. The van der Waals surface area contributed by atoms with Crippen LogP contribution < -0.4 is 0 Å². The topological polar surface area (TPSA) is 53.4 Å². The molecule has 1 fully saturated rings. The quantitative estimate of drug-likeness (QED) is 0.935. The summed E-state index contributed by atoms with van der Waals surface area (Å²) in [5.74, 6) is -0.349. The summed E-state index contributed by atoms with van der Waals surface area (Å²) in [6.45, 7) is 2.56. The van der Waals surface area contributed by atoms with Gasteiger partial charge in [-0.2, -0.15) is 0 Å². The van der Waals surface area contributed by atoms with Crippen LogP contribution in [0.4, 0.5) is 4.39 Å². The molecule has 1 aliphatic heterocycles. The van der Waals surface area contributed by atoms with Crippen LogP contribution in [0.5, 0.6) is 0 Å². The molecular weight excluding hydrogens is 307 g/mol. The first-order chi connectivity index (χ1) is 11.5. The first-order valence-corrected chi connectivity index (χ1v) is 8.12. The Labute approximate surface area is 141 Å². The zero-order valence-corrected chi connectivity index (χ0v) is 13.7. The molecule has 1 aromatic heterocycles. The molecule has 2 aromatic rings. The molecule has 3 rings (SSSR count). The van der Waals surface area contributed by atoms with Gasteiger partial charge in [-0.15, -0.1) is 0 Å². The third-order valence-corrected chi connectivity index (χ3v) is 4.60. The summed E-state index contributed by atoms with van der Waals surface area (Å²) in [6.07, 6.45) is 3.80. The summed E-state index contributed by atoms with van der Waals surface area (Å²) in [5, 5.41) is 10.2. The number of amides is 1. The van der Waals surface area contributed by atoms with E-state index in [-0.39, 0.29) is 24.1 Å². The minimum Gasteiger partial charge on any atom is -0.391 e. The molecule has 0 radical (unpaired) electrons. The van der Waals surface area contributed by atoms with Crippen molar-refractivity contribution in [3.05, 3.63) is 65.2 Å². The fourth-order valence-electron chi connectivity index (χ4n) is 3.11. The van der Waals surface area contributed by atoms with Crippen molar-refractivity contribution < 1.29 is 14.3 Å². The van der Waals surface area contributed by atoms with Gasteiger partial charge in [0.15, 0.2) is 0 Å². The minimum atomic E-state index is -0.531. The largest absolute Gasteiger partial charge is 0.391 e. The molecule has 0 saturated carbocycles. The highest BCUT2D eigenvalue weighted by Crippen LogP contribution is 2.22. The van der Waals surface area contributed by atoms with Gasteiger partial charge in [-0.1, -0.05) is 12.1 Å². The van der Waals surface area contributed by atoms with E-state index < -0.39 is 6.10 Å². The van der Waals surface area contributed by atoms with Gasteiger partial charge < -0.3 is 10.0 Å². The smallest absolute Gasteiger partial charge is 0.227 e. The maximum Gasteiger partial charge on any atom is 0.227 e. The Hall–Kier alpha value is -2.27. The summed E-state index contributed by atoms with van der Waals surface area (Å²) >= 11 is 0. The van der Waals surface area contributed by atoms with Crippen LogP contribution in [0.1, 0.15) is 16.7 Å². The number of aliphatic hydroxyl groups is 1. The Morgan fingerprint density at radius 2 is 2.00 bits per heavy atom. The van der Waals surface area contributed by atoms with Gasteiger partial charge in [-0.25, -0.2) is 4.39 Å². The molecule has 1 N–H and O–H groups in total. The van der Waals surface area contributed by atoms with Crippen LogP contribution >= 0.6 is 0 Å². The van der Waals surface area contributed by atoms with E-state index in [1.54, 1.807) is 36.4 Å². The van der Waals surface area contributed by atoms with Crippen LogP contribution in [0.15, 0.2) is 42.7 Å². The number of aryl methyl sites for hydroxylation is 1. The minimum absolute atomic E-state index is 0.0195. The number of rotatable bonds is 4. The fraction of sp³-hybridized carbons (Fsp3) is 0.368. The number of hydrogen-bond acceptors (Lipinski definition) is 3. The van der Waals surface area contributed by atoms with Crippen molar-refractivity contribution in [3.63, 3.8) is 0 Å². The van der Waals surface area contributed by atoms with Crippen LogP contribution in [0.2, 0.25) is 0 Å². The van der Waals surface area contributed by atoms with E-state index in [4.69, 9.17) is 0 Å². The Bertz CT molecular complexity index is 721. The zero-order valence-electron chi connectivity index (χ0n) is 13.7. The van der Waals surface area contributed by atoms with E-state index in [0.29, 0.717) is 30.6 Å². The predicted molar refractivity (Wildman–Crippen MR) is 88.9 cm³/mol. The highest BCUT2D eigenvalue weighted by molar-refractivity contribution is 5.79. The average Bonchev–Trinajstić information content (AvgIpc) is 2.93. The SMILES string of the molecule is Cc1ccc(CC(=O)N2C[C@@H](Cc3ccncc3)[C@@H](O)C2)cc1F. The molecule has 126 valence electrons. The number of halogens is 1. The maximum absolute atomic E-state index is 13.6. The number of likely N-dealkylation sites (tertiary alicyclic amines) is 1. The predicted octanol–water partition coefficient (Wildman–Crippen LogP) is 2.13. The summed E-state index contributed by atoms with van der Waals surface area (Å²) < 4.78 is 13.6. The molecule has 2 heterocycles. The highest BCUT2D eigenvalue weighted by atomic mass is 19.1. The van der Waals surface area contributed by atoms with Gasteiger partial charge >= 0.3 is 0 Å². The van der Waals surface area contributed by atoms with Gasteiger partial charge in [-0.3, -0.25) is 9.78 Å². The molecule has 4 nitrogen and oxygen atoms in total. The van der Waals surface area contributed by atoms with E-state index in [9.17, 15) is 14.3 Å². The van der Waals surface area contributed by atoms with Crippen LogP contribution in [0, 0.1) is 18.7 Å². The van der Waals surface area contributed by atoms with Crippen molar-refractivity contribution in [1.82, 2.24) is 9.88 Å². The number of aromatic nitrogens is 1. The van der Waals surface area contributed by atoms with Crippen molar-refractivity contribution in [1.29, 1.82) is 0 Å². The standard InChI is InChI=1S/C19H21FN2O2/c1-13-2-3-15(9-17(13)20)10-19(24)22-11-16(18(23)12-22)8-14-4-6-21-7-5-14/h2-7,9,16,18,23H,8,10-12H2,1H3/t16-,18+/m1/s1. The second-order valence-corrected chi connectivity index (χ2v) is 6.45. The molecule has 1 saturated heterocycles. The number of hydrogen-bond donors (Lipinski definition) is 1. The molecule has 1 aromatic carbocycles. The van der Waals surface area contributed by atoms with Gasteiger partial charge in [0.05, 0.1) is 12.5 Å². The van der Waals surface area contributed by atoms with Crippen LogP contribution in [-0.4, -0.2) is 40.1 Å². The molecule has 24 heavy (non-hydrogen) atoms. The lowest BCUT2D eigenvalue weighted by Crippen LogP contribution is -2.31. The highest BCUT2D eigenvalue weighted by Gasteiger charge is 2.33. The molecule has 5 heteroatoms. The number of nitrogens with zero attached hydrogens (tertiary/aromatic N) is 2. The lowest BCUT2D eigenvalue weighted by Gasteiger charge is -2.16. The third kappa shape index (κ3) is 3.79. The normalized spacial score (nSPS) is 20.4. The summed E-state index contributed by atoms with van der Waals surface area (Å²) in [4.78, 5) is 18.1. The van der Waals surface area contributed by atoms with E-state index >= 15 is 0 Å². The second-order valence-electron chi connectivity index (χ2n) is 6.45. The Kier molecular flexibility index (Phi) is 4.90. The molecule has 0 aliphatic carbocycles. The van der Waals surface area contributed by atoms with Gasteiger partial charge in [0, 0.05) is 31.4 Å². The summed E-state index contributed by atoms with van der Waals surface area (Å²) in [7, 11) is 0. The zero-order chi connectivity index (χ0) is 17.1. The van der Waals surface area contributed by atoms with E-state index in [1.165, 1.54) is 6.07 Å². The molecular formula is C19H21FN2O2. The van der Waals surface area contributed by atoms with Crippen molar-refractivity contribution in [2.45, 2.75) is 25.9 Å². The van der Waals surface area contributed by atoms with Gasteiger partial charge in [0.25, 0.3) is 0 Å². The molecule has 1 amide bonds. The van der Waals surface area contributed by atoms with Crippen molar-refractivity contribution in [2.24, 2.45) is 5.92 Å². The van der Waals surface area contributed by atoms with Crippen molar-refractivity contribution >= 4 is 5.91 Å². The number of pyridine rings is 1. The number of carbonyl (C=O) groups is 1. The summed E-state index contributed by atoms with van der Waals surface area (Å²) in [5.41, 5.74) is 2.33. The first kappa shape index (κ1) is 16.6. The summed E-state index contributed by atoms with van der Waals surface area (Å²) in [6, 6.07) is 8.72. The number of β-amino-alcohol motifs (C(OH)–C–C–N with tert-alkyl or cyclic N) is 1. The Balaban J connectivity index is 1.61. The van der Waals surface area contributed by atoms with E-state index in [1.807, 2.05) is 12.1 Å². The lowest BCUT2D eigenvalue weighted by molar-refractivity contribution is -0.129. The van der Waals surface area contributed by atoms with E-state index in [2.05, 4.69) is 4.98 Å². The number of carbonyl (C=O) groups excluding carboxylic acids is 1. The number of benzene rings is 1. The Morgan fingerprint density at radius 1 is 1.25 bits per heavy atom. The van der Waals surface area contributed by atoms with E-state index in [0.717, 1.165) is 5.56 Å². The van der Waals surface area contributed by atoms with Gasteiger partial charge in [-0.05, 0) is 48.2 Å². The fourth-order valence-corrected chi connectivity index (χ4v) is 3.11. The lowest BCUT2D eigenvalue weighted by atomic mass is 9.97. The Morgan fingerprint density at radius 3 is 2.71 bits per heavy atom.